The first kappa shape index (κ1) is 19.9. The van der Waals surface area contributed by atoms with E-state index in [4.69, 9.17) is 0 Å². The van der Waals surface area contributed by atoms with Crippen LogP contribution in [0.25, 0.3) is 5.69 Å². The van der Waals surface area contributed by atoms with E-state index in [9.17, 15) is 18.5 Å². The number of nitrogens with zero attached hydrogens (tertiary/aromatic N) is 4. The standard InChI is InChI=1S/C22H20N4O3S/c23-17-19-5-1-2-6-21(19)30(28,29)26-15-13-25(14-16-26)22(27)18-7-9-20(10-8-18)24-11-3-4-12-24/h1-12H,13-16H2. The van der Waals surface area contributed by atoms with E-state index >= 15 is 0 Å². The summed E-state index contributed by atoms with van der Waals surface area (Å²) < 4.78 is 29.2. The molecule has 2 heterocycles. The van der Waals surface area contributed by atoms with Crippen molar-refractivity contribution in [1.82, 2.24) is 13.8 Å². The van der Waals surface area contributed by atoms with Crippen molar-refractivity contribution in [3.8, 4) is 11.8 Å². The van der Waals surface area contributed by atoms with Gasteiger partial charge >= 0.3 is 0 Å². The highest BCUT2D eigenvalue weighted by Crippen LogP contribution is 2.22. The number of carbonyl (C=O) groups is 1. The molecule has 0 spiro atoms. The monoisotopic (exact) mass is 420 g/mol. The number of aromatic nitrogens is 1. The van der Waals surface area contributed by atoms with E-state index in [1.807, 2.05) is 47.3 Å². The Morgan fingerprint density at radius 3 is 2.13 bits per heavy atom. The third kappa shape index (κ3) is 3.73. The highest BCUT2D eigenvalue weighted by molar-refractivity contribution is 7.89. The Bertz CT molecular complexity index is 1190. The SMILES string of the molecule is N#Cc1ccccc1S(=O)(=O)N1CCN(C(=O)c2ccc(-n3cccc3)cc2)CC1. The van der Waals surface area contributed by atoms with Gasteiger partial charge in [-0.3, -0.25) is 4.79 Å². The lowest BCUT2D eigenvalue weighted by Gasteiger charge is -2.34. The number of carbonyl (C=O) groups excluding carboxylic acids is 1. The molecule has 0 bridgehead atoms. The van der Waals surface area contributed by atoms with Crippen LogP contribution >= 0.6 is 0 Å². The molecule has 1 aromatic heterocycles. The van der Waals surface area contributed by atoms with Crippen LogP contribution in [-0.2, 0) is 10.0 Å². The number of amides is 1. The molecule has 2 aromatic carbocycles. The van der Waals surface area contributed by atoms with E-state index in [0.717, 1.165) is 5.69 Å². The van der Waals surface area contributed by atoms with Crippen LogP contribution in [0.5, 0.6) is 0 Å². The van der Waals surface area contributed by atoms with Gasteiger partial charge in [0.05, 0.1) is 10.5 Å². The Morgan fingerprint density at radius 1 is 0.867 bits per heavy atom. The Labute approximate surface area is 175 Å². The third-order valence-corrected chi connectivity index (χ3v) is 7.12. The Hall–Kier alpha value is -3.41. The van der Waals surface area contributed by atoms with Gasteiger partial charge in [0.25, 0.3) is 5.91 Å². The van der Waals surface area contributed by atoms with Crippen molar-refractivity contribution in [2.45, 2.75) is 4.90 Å². The van der Waals surface area contributed by atoms with E-state index in [-0.39, 0.29) is 29.5 Å². The fourth-order valence-electron chi connectivity index (χ4n) is 3.52. The maximum absolute atomic E-state index is 12.9. The molecule has 1 fully saturated rings. The minimum absolute atomic E-state index is 0.00729. The maximum atomic E-state index is 12.9. The van der Waals surface area contributed by atoms with E-state index in [1.165, 1.54) is 16.4 Å². The van der Waals surface area contributed by atoms with Crippen LogP contribution in [-0.4, -0.2) is 54.3 Å². The number of hydrogen-bond donors (Lipinski definition) is 0. The van der Waals surface area contributed by atoms with Crippen LogP contribution in [0.15, 0.2) is 78.0 Å². The van der Waals surface area contributed by atoms with E-state index in [2.05, 4.69) is 0 Å². The summed E-state index contributed by atoms with van der Waals surface area (Å²) in [4.78, 5) is 14.5. The van der Waals surface area contributed by atoms with Crippen LogP contribution in [0.1, 0.15) is 15.9 Å². The van der Waals surface area contributed by atoms with Crippen molar-refractivity contribution in [2.75, 3.05) is 26.2 Å². The van der Waals surface area contributed by atoms with E-state index in [0.29, 0.717) is 18.7 Å². The number of hydrogen-bond acceptors (Lipinski definition) is 4. The molecular weight excluding hydrogens is 400 g/mol. The summed E-state index contributed by atoms with van der Waals surface area (Å²) in [6, 6.07) is 19.3. The van der Waals surface area contributed by atoms with Gasteiger partial charge in [0.2, 0.25) is 10.0 Å². The van der Waals surface area contributed by atoms with Gasteiger partial charge in [-0.25, -0.2) is 8.42 Å². The summed E-state index contributed by atoms with van der Waals surface area (Å²) in [6.45, 7) is 0.975. The van der Waals surface area contributed by atoms with E-state index in [1.54, 1.807) is 29.2 Å². The first-order valence-electron chi connectivity index (χ1n) is 9.53. The van der Waals surface area contributed by atoms with Gasteiger partial charge in [-0.05, 0) is 48.5 Å². The minimum atomic E-state index is -3.78. The molecule has 1 aliphatic rings. The molecule has 8 heteroatoms. The summed E-state index contributed by atoms with van der Waals surface area (Å²) in [5, 5.41) is 9.21. The summed E-state index contributed by atoms with van der Waals surface area (Å²) in [5.41, 5.74) is 1.65. The fourth-order valence-corrected chi connectivity index (χ4v) is 5.08. The highest BCUT2D eigenvalue weighted by atomic mass is 32.2. The van der Waals surface area contributed by atoms with Gasteiger partial charge < -0.3 is 9.47 Å². The van der Waals surface area contributed by atoms with E-state index < -0.39 is 10.0 Å². The second kappa shape index (κ2) is 8.14. The van der Waals surface area contributed by atoms with Crippen molar-refractivity contribution in [1.29, 1.82) is 5.26 Å². The first-order chi connectivity index (χ1) is 14.5. The molecule has 0 atom stereocenters. The number of benzene rings is 2. The molecular formula is C22H20N4O3S. The Morgan fingerprint density at radius 2 is 1.50 bits per heavy atom. The van der Waals surface area contributed by atoms with Gasteiger partial charge in [0.15, 0.2) is 0 Å². The molecule has 0 N–H and O–H groups in total. The lowest BCUT2D eigenvalue weighted by Crippen LogP contribution is -2.50. The molecule has 0 radical (unpaired) electrons. The van der Waals surface area contributed by atoms with Crippen LogP contribution < -0.4 is 0 Å². The quantitative estimate of drug-likeness (QED) is 0.649. The molecule has 0 saturated carbocycles. The van der Waals surface area contributed by atoms with Crippen molar-refractivity contribution in [2.24, 2.45) is 0 Å². The largest absolute Gasteiger partial charge is 0.336 e. The molecule has 3 aromatic rings. The lowest BCUT2D eigenvalue weighted by atomic mass is 10.1. The predicted octanol–water partition coefficient (Wildman–Crippen LogP) is 2.50. The number of piperazine rings is 1. The Kier molecular flexibility index (Phi) is 5.40. The second-order valence-electron chi connectivity index (χ2n) is 6.94. The molecule has 1 aliphatic heterocycles. The van der Waals surface area contributed by atoms with Crippen molar-refractivity contribution < 1.29 is 13.2 Å². The number of sulfonamides is 1. The number of nitriles is 1. The van der Waals surface area contributed by atoms with Crippen LogP contribution in [0.2, 0.25) is 0 Å². The summed E-state index contributed by atoms with van der Waals surface area (Å²) >= 11 is 0. The van der Waals surface area contributed by atoms with Gasteiger partial charge in [-0.2, -0.15) is 9.57 Å². The van der Waals surface area contributed by atoms with Gasteiger partial charge in [-0.15, -0.1) is 0 Å². The molecule has 1 saturated heterocycles. The molecule has 0 unspecified atom stereocenters. The van der Waals surface area contributed by atoms with Crippen molar-refractivity contribution in [3.63, 3.8) is 0 Å². The maximum Gasteiger partial charge on any atom is 0.253 e. The molecule has 152 valence electrons. The highest BCUT2D eigenvalue weighted by Gasteiger charge is 2.31. The van der Waals surface area contributed by atoms with Crippen molar-refractivity contribution >= 4 is 15.9 Å². The topological polar surface area (TPSA) is 86.4 Å². The predicted molar refractivity (Wildman–Crippen MR) is 112 cm³/mol. The zero-order valence-corrected chi connectivity index (χ0v) is 17.0. The molecule has 30 heavy (non-hydrogen) atoms. The average Bonchev–Trinajstić information content (AvgIpc) is 3.34. The lowest BCUT2D eigenvalue weighted by molar-refractivity contribution is 0.0698. The fraction of sp³-hybridized carbons (Fsp3) is 0.182. The minimum Gasteiger partial charge on any atom is -0.336 e. The normalized spacial score (nSPS) is 15.0. The first-order valence-corrected chi connectivity index (χ1v) is 11.0. The summed E-state index contributed by atoms with van der Waals surface area (Å²) in [5.74, 6) is -0.122. The zero-order chi connectivity index (χ0) is 21.1. The van der Waals surface area contributed by atoms with Crippen molar-refractivity contribution in [3.05, 3.63) is 84.2 Å². The van der Waals surface area contributed by atoms with Gasteiger partial charge in [-0.1, -0.05) is 12.1 Å². The smallest absolute Gasteiger partial charge is 0.253 e. The number of rotatable bonds is 4. The van der Waals surface area contributed by atoms with Crippen LogP contribution in [0.4, 0.5) is 0 Å². The molecule has 1 amide bonds. The summed E-state index contributed by atoms with van der Waals surface area (Å²) in [7, 11) is -3.78. The van der Waals surface area contributed by atoms with Gasteiger partial charge in [0.1, 0.15) is 6.07 Å². The summed E-state index contributed by atoms with van der Waals surface area (Å²) in [6.07, 6.45) is 3.86. The van der Waals surface area contributed by atoms with Crippen LogP contribution in [0, 0.1) is 11.3 Å². The van der Waals surface area contributed by atoms with Crippen LogP contribution in [0.3, 0.4) is 0 Å². The average molecular weight is 420 g/mol. The zero-order valence-electron chi connectivity index (χ0n) is 16.2. The molecule has 4 rings (SSSR count). The third-order valence-electron chi connectivity index (χ3n) is 5.17. The Balaban J connectivity index is 1.44. The second-order valence-corrected chi connectivity index (χ2v) is 8.85. The van der Waals surface area contributed by atoms with Gasteiger partial charge in [0, 0.05) is 49.8 Å². The molecule has 7 nitrogen and oxygen atoms in total. The molecule has 0 aliphatic carbocycles.